The van der Waals surface area contributed by atoms with Crippen LogP contribution in [0, 0.1) is 5.92 Å². The molecule has 3 N–H and O–H groups in total. The molecule has 4 rings (SSSR count). The van der Waals surface area contributed by atoms with E-state index < -0.39 is 0 Å². The number of urea groups is 1. The van der Waals surface area contributed by atoms with Crippen LogP contribution in [0.1, 0.15) is 38.2 Å². The summed E-state index contributed by atoms with van der Waals surface area (Å²) >= 11 is 0. The second kappa shape index (κ2) is 8.94. The molecule has 2 unspecified atom stereocenters. The Morgan fingerprint density at radius 3 is 2.90 bits per heavy atom. The molecule has 2 atom stereocenters. The zero-order valence-corrected chi connectivity index (χ0v) is 17.0. The zero-order chi connectivity index (χ0) is 20.9. The van der Waals surface area contributed by atoms with Gasteiger partial charge in [-0.15, -0.1) is 0 Å². The molecule has 0 aromatic carbocycles. The number of rotatable bonds is 5. The standard InChI is InChI=1S/C22H26N6O2/c1-15-4-2-6-18(10-15)27-22(30)25-12-16-7-8-20(24-11-16)28-21(29)19(14-26-28)17-5-3-9-23-13-17/h3,5,7-9,11,13-15,18,26H,2,4,6,10,12H2,1H3,(H2,25,27,30). The summed E-state index contributed by atoms with van der Waals surface area (Å²) in [7, 11) is 0. The van der Waals surface area contributed by atoms with Crippen molar-refractivity contribution in [2.24, 2.45) is 5.92 Å². The molecule has 0 spiro atoms. The summed E-state index contributed by atoms with van der Waals surface area (Å²) in [5, 5.41) is 8.88. The minimum absolute atomic E-state index is 0.153. The van der Waals surface area contributed by atoms with Crippen LogP contribution >= 0.6 is 0 Å². The molecule has 3 aromatic rings. The van der Waals surface area contributed by atoms with Crippen LogP contribution in [0.4, 0.5) is 4.79 Å². The molecule has 30 heavy (non-hydrogen) atoms. The van der Waals surface area contributed by atoms with Gasteiger partial charge in [0, 0.05) is 42.9 Å². The maximum Gasteiger partial charge on any atom is 0.315 e. The number of hydrogen-bond acceptors (Lipinski definition) is 4. The number of carbonyl (C=O) groups excluding carboxylic acids is 1. The molecule has 3 heterocycles. The van der Waals surface area contributed by atoms with Crippen molar-refractivity contribution in [3.63, 3.8) is 0 Å². The first-order valence-corrected chi connectivity index (χ1v) is 10.3. The van der Waals surface area contributed by atoms with Crippen molar-refractivity contribution in [3.05, 3.63) is 65.0 Å². The Bertz CT molecular complexity index is 1040. The van der Waals surface area contributed by atoms with Crippen LogP contribution in [0.5, 0.6) is 0 Å². The Hall–Kier alpha value is -3.42. The van der Waals surface area contributed by atoms with E-state index in [1.807, 2.05) is 12.1 Å². The van der Waals surface area contributed by atoms with E-state index in [1.54, 1.807) is 36.9 Å². The monoisotopic (exact) mass is 406 g/mol. The van der Waals surface area contributed by atoms with Gasteiger partial charge in [0.05, 0.1) is 5.56 Å². The Morgan fingerprint density at radius 1 is 1.27 bits per heavy atom. The molecule has 8 heteroatoms. The van der Waals surface area contributed by atoms with Crippen LogP contribution in [-0.4, -0.2) is 31.8 Å². The molecule has 1 fully saturated rings. The molecule has 1 aliphatic rings. The van der Waals surface area contributed by atoms with Gasteiger partial charge < -0.3 is 10.6 Å². The van der Waals surface area contributed by atoms with Crippen molar-refractivity contribution in [1.82, 2.24) is 30.4 Å². The van der Waals surface area contributed by atoms with Gasteiger partial charge in [0.15, 0.2) is 5.82 Å². The summed E-state index contributed by atoms with van der Waals surface area (Å²) in [6, 6.07) is 7.33. The molecule has 8 nitrogen and oxygen atoms in total. The number of hydrogen-bond donors (Lipinski definition) is 3. The Balaban J connectivity index is 1.36. The predicted octanol–water partition coefficient (Wildman–Crippen LogP) is 3.00. The number of H-pyrrole nitrogens is 1. The van der Waals surface area contributed by atoms with Crippen LogP contribution in [0.25, 0.3) is 16.9 Å². The van der Waals surface area contributed by atoms with Crippen LogP contribution < -0.4 is 16.2 Å². The number of pyridine rings is 2. The first-order chi connectivity index (χ1) is 14.6. The predicted molar refractivity (Wildman–Crippen MR) is 114 cm³/mol. The first-order valence-electron chi connectivity index (χ1n) is 10.3. The Kier molecular flexibility index (Phi) is 5.92. The number of nitrogens with one attached hydrogen (secondary N) is 3. The van der Waals surface area contributed by atoms with E-state index >= 15 is 0 Å². The quantitative estimate of drug-likeness (QED) is 0.606. The van der Waals surface area contributed by atoms with Crippen LogP contribution in [0.15, 0.2) is 53.8 Å². The molecule has 0 bridgehead atoms. The van der Waals surface area contributed by atoms with Gasteiger partial charge in [-0.3, -0.25) is 14.9 Å². The third kappa shape index (κ3) is 4.59. The van der Waals surface area contributed by atoms with E-state index in [9.17, 15) is 9.59 Å². The molecule has 3 aromatic heterocycles. The lowest BCUT2D eigenvalue weighted by Gasteiger charge is -2.27. The highest BCUT2D eigenvalue weighted by Crippen LogP contribution is 2.23. The Morgan fingerprint density at radius 2 is 2.17 bits per heavy atom. The van der Waals surface area contributed by atoms with Crippen molar-refractivity contribution in [1.29, 1.82) is 0 Å². The zero-order valence-electron chi connectivity index (χ0n) is 17.0. The number of nitrogens with zero attached hydrogens (tertiary/aromatic N) is 3. The topological polar surface area (TPSA) is 105 Å². The summed E-state index contributed by atoms with van der Waals surface area (Å²) in [6.45, 7) is 2.61. The Labute approximate surface area is 174 Å². The van der Waals surface area contributed by atoms with Gasteiger partial charge in [-0.2, -0.15) is 0 Å². The minimum Gasteiger partial charge on any atom is -0.335 e. The molecular formula is C22H26N6O2. The number of aromatic amines is 1. The lowest BCUT2D eigenvalue weighted by atomic mass is 9.87. The van der Waals surface area contributed by atoms with Crippen LogP contribution in [-0.2, 0) is 6.54 Å². The van der Waals surface area contributed by atoms with Crippen molar-refractivity contribution in [3.8, 4) is 16.9 Å². The molecule has 1 saturated carbocycles. The van der Waals surface area contributed by atoms with Crippen LogP contribution in [0.3, 0.4) is 0 Å². The van der Waals surface area contributed by atoms with Crippen molar-refractivity contribution in [2.75, 3.05) is 0 Å². The van der Waals surface area contributed by atoms with Gasteiger partial charge in [-0.25, -0.2) is 14.5 Å². The molecule has 1 aliphatic carbocycles. The normalized spacial score (nSPS) is 18.7. The van der Waals surface area contributed by atoms with Crippen LogP contribution in [0.2, 0.25) is 0 Å². The smallest absolute Gasteiger partial charge is 0.315 e. The number of aromatic nitrogens is 4. The van der Waals surface area contributed by atoms with E-state index in [-0.39, 0.29) is 17.6 Å². The highest BCUT2D eigenvalue weighted by molar-refractivity contribution is 5.74. The summed E-state index contributed by atoms with van der Waals surface area (Å²) in [4.78, 5) is 33.3. The van der Waals surface area contributed by atoms with E-state index in [4.69, 9.17) is 0 Å². The molecule has 2 amide bonds. The van der Waals surface area contributed by atoms with E-state index in [0.29, 0.717) is 23.8 Å². The lowest BCUT2D eigenvalue weighted by molar-refractivity contribution is 0.227. The van der Waals surface area contributed by atoms with Gasteiger partial charge in [0.1, 0.15) is 0 Å². The van der Waals surface area contributed by atoms with Gasteiger partial charge in [0.25, 0.3) is 5.56 Å². The van der Waals surface area contributed by atoms with Gasteiger partial charge in [-0.1, -0.05) is 31.9 Å². The third-order valence-electron chi connectivity index (χ3n) is 5.51. The maximum absolute atomic E-state index is 12.7. The van der Waals surface area contributed by atoms with Gasteiger partial charge >= 0.3 is 6.03 Å². The third-order valence-corrected chi connectivity index (χ3v) is 5.51. The average Bonchev–Trinajstić information content (AvgIpc) is 3.14. The van der Waals surface area contributed by atoms with Crippen molar-refractivity contribution in [2.45, 2.75) is 45.2 Å². The fourth-order valence-corrected chi connectivity index (χ4v) is 3.91. The highest BCUT2D eigenvalue weighted by atomic mass is 16.2. The fourth-order valence-electron chi connectivity index (χ4n) is 3.91. The highest BCUT2D eigenvalue weighted by Gasteiger charge is 2.20. The molecule has 0 radical (unpaired) electrons. The number of amides is 2. The largest absolute Gasteiger partial charge is 0.335 e. The SMILES string of the molecule is CC1CCCC(NC(=O)NCc2ccc(-n3[nH]cc(-c4cccnc4)c3=O)nc2)C1. The second-order valence-electron chi connectivity index (χ2n) is 7.89. The molecule has 0 aliphatic heterocycles. The lowest BCUT2D eigenvalue weighted by Crippen LogP contribution is -2.43. The summed E-state index contributed by atoms with van der Waals surface area (Å²) in [6.07, 6.45) is 11.1. The van der Waals surface area contributed by atoms with Gasteiger partial charge in [-0.05, 0) is 36.5 Å². The van der Waals surface area contributed by atoms with E-state index in [2.05, 4.69) is 32.6 Å². The average molecular weight is 406 g/mol. The van der Waals surface area contributed by atoms with Gasteiger partial charge in [0.2, 0.25) is 0 Å². The van der Waals surface area contributed by atoms with E-state index in [0.717, 1.165) is 30.4 Å². The van der Waals surface area contributed by atoms with E-state index in [1.165, 1.54) is 11.1 Å². The van der Waals surface area contributed by atoms with Crippen molar-refractivity contribution >= 4 is 6.03 Å². The summed E-state index contributed by atoms with van der Waals surface area (Å²) < 4.78 is 1.39. The molecular weight excluding hydrogens is 380 g/mol. The maximum atomic E-state index is 12.7. The second-order valence-corrected chi connectivity index (χ2v) is 7.89. The first kappa shape index (κ1) is 19.9. The minimum atomic E-state index is -0.192. The number of carbonyl (C=O) groups is 1. The summed E-state index contributed by atoms with van der Waals surface area (Å²) in [5.74, 6) is 1.15. The molecule has 0 saturated heterocycles. The van der Waals surface area contributed by atoms with Crippen molar-refractivity contribution < 1.29 is 4.79 Å². The summed E-state index contributed by atoms with van der Waals surface area (Å²) in [5.41, 5.74) is 1.95. The molecule has 156 valence electrons. The fraction of sp³-hybridized carbons (Fsp3) is 0.364.